The Labute approximate surface area is 133 Å². The molecule has 0 bridgehead atoms. The van der Waals surface area contributed by atoms with Gasteiger partial charge in [0.2, 0.25) is 0 Å². The molecule has 0 fully saturated rings. The topological polar surface area (TPSA) is 53.1 Å². The van der Waals surface area contributed by atoms with Crippen LogP contribution in [0.5, 0.6) is 0 Å². The first-order valence-electron chi connectivity index (χ1n) is 6.85. The molecular formula is C17H15N3OS. The molecular weight excluding hydrogens is 294 g/mol. The maximum atomic E-state index is 9.61. The first-order valence-corrected chi connectivity index (χ1v) is 8.07. The molecule has 3 aromatic rings. The molecule has 0 aliphatic carbocycles. The third kappa shape index (κ3) is 2.53. The van der Waals surface area contributed by atoms with Crippen molar-refractivity contribution in [3.05, 3.63) is 54.0 Å². The number of aromatic nitrogens is 1. The van der Waals surface area contributed by atoms with E-state index >= 15 is 0 Å². The molecule has 0 saturated heterocycles. The van der Waals surface area contributed by atoms with Gasteiger partial charge in [0.25, 0.3) is 0 Å². The fourth-order valence-corrected chi connectivity index (χ4v) is 3.07. The van der Waals surface area contributed by atoms with Gasteiger partial charge in [-0.15, -0.1) is 11.8 Å². The van der Waals surface area contributed by atoms with Crippen LogP contribution in [0.15, 0.2) is 52.1 Å². The molecule has 0 spiro atoms. The standard InChI is InChI=1S/C17H15N3OS/c1-20(11-12-6-5-9-21-12)16-13-7-3-4-8-15(13)19-17(22-2)14(16)10-18/h3-9H,11H2,1-2H3. The van der Waals surface area contributed by atoms with Crippen LogP contribution in [-0.4, -0.2) is 18.3 Å². The largest absolute Gasteiger partial charge is 0.467 e. The monoisotopic (exact) mass is 309 g/mol. The zero-order valence-corrected chi connectivity index (χ0v) is 13.2. The number of fused-ring (bicyclic) bond motifs is 1. The third-order valence-corrected chi connectivity index (χ3v) is 4.17. The van der Waals surface area contributed by atoms with E-state index in [1.165, 1.54) is 11.8 Å². The van der Waals surface area contributed by atoms with Gasteiger partial charge in [0, 0.05) is 12.4 Å². The van der Waals surface area contributed by atoms with Crippen LogP contribution in [0, 0.1) is 11.3 Å². The van der Waals surface area contributed by atoms with Crippen LogP contribution in [0.2, 0.25) is 0 Å². The van der Waals surface area contributed by atoms with Gasteiger partial charge in [-0.3, -0.25) is 0 Å². The van der Waals surface area contributed by atoms with Gasteiger partial charge < -0.3 is 9.32 Å². The number of rotatable bonds is 4. The van der Waals surface area contributed by atoms with Crippen molar-refractivity contribution in [1.82, 2.24) is 4.98 Å². The maximum absolute atomic E-state index is 9.61. The molecule has 0 radical (unpaired) electrons. The van der Waals surface area contributed by atoms with E-state index in [2.05, 4.69) is 11.1 Å². The second-order valence-corrected chi connectivity index (χ2v) is 5.70. The number of anilines is 1. The van der Waals surface area contributed by atoms with E-state index in [4.69, 9.17) is 4.42 Å². The molecule has 1 aromatic carbocycles. The Kier molecular flexibility index (Phi) is 4.03. The Morgan fingerprint density at radius 2 is 2.09 bits per heavy atom. The van der Waals surface area contributed by atoms with Gasteiger partial charge in [-0.25, -0.2) is 4.98 Å². The van der Waals surface area contributed by atoms with E-state index in [-0.39, 0.29) is 0 Å². The molecule has 5 heteroatoms. The number of benzene rings is 1. The highest BCUT2D eigenvalue weighted by Gasteiger charge is 2.18. The van der Waals surface area contributed by atoms with Gasteiger partial charge in [0.1, 0.15) is 22.4 Å². The Bertz CT molecular complexity index is 837. The van der Waals surface area contributed by atoms with Crippen molar-refractivity contribution >= 4 is 28.4 Å². The summed E-state index contributed by atoms with van der Waals surface area (Å²) < 4.78 is 5.42. The Balaban J connectivity index is 2.19. The number of furan rings is 1. The summed E-state index contributed by atoms with van der Waals surface area (Å²) in [6, 6.07) is 14.0. The van der Waals surface area contributed by atoms with E-state index < -0.39 is 0 Å². The fourth-order valence-electron chi connectivity index (χ4n) is 2.53. The van der Waals surface area contributed by atoms with Crippen molar-refractivity contribution in [3.8, 4) is 6.07 Å². The van der Waals surface area contributed by atoms with Crippen LogP contribution >= 0.6 is 11.8 Å². The molecule has 0 atom stereocenters. The minimum absolute atomic E-state index is 0.601. The van der Waals surface area contributed by atoms with Crippen molar-refractivity contribution in [2.75, 3.05) is 18.2 Å². The smallest absolute Gasteiger partial charge is 0.123 e. The minimum atomic E-state index is 0.601. The average Bonchev–Trinajstić information content (AvgIpc) is 3.05. The highest BCUT2D eigenvalue weighted by atomic mass is 32.2. The molecule has 3 rings (SSSR count). The Morgan fingerprint density at radius 1 is 1.27 bits per heavy atom. The molecule has 2 heterocycles. The summed E-state index contributed by atoms with van der Waals surface area (Å²) in [5.41, 5.74) is 2.40. The van der Waals surface area contributed by atoms with Gasteiger partial charge in [-0.05, 0) is 24.5 Å². The van der Waals surface area contributed by atoms with Crippen molar-refractivity contribution in [1.29, 1.82) is 5.26 Å². The molecule has 2 aromatic heterocycles. The summed E-state index contributed by atoms with van der Waals surface area (Å²) in [6.07, 6.45) is 3.60. The normalized spacial score (nSPS) is 10.6. The van der Waals surface area contributed by atoms with E-state index in [0.717, 1.165) is 27.4 Å². The number of thioether (sulfide) groups is 1. The molecule has 110 valence electrons. The van der Waals surface area contributed by atoms with Gasteiger partial charge in [-0.1, -0.05) is 18.2 Å². The molecule has 0 unspecified atom stereocenters. The van der Waals surface area contributed by atoms with Crippen LogP contribution < -0.4 is 4.90 Å². The Morgan fingerprint density at radius 3 is 2.77 bits per heavy atom. The van der Waals surface area contributed by atoms with Crippen LogP contribution in [0.4, 0.5) is 5.69 Å². The Hall–Kier alpha value is -2.45. The van der Waals surface area contributed by atoms with Crippen molar-refractivity contribution in [2.24, 2.45) is 0 Å². The van der Waals surface area contributed by atoms with E-state index in [0.29, 0.717) is 12.1 Å². The van der Waals surface area contributed by atoms with E-state index in [9.17, 15) is 5.26 Å². The number of nitrogens with zero attached hydrogens (tertiary/aromatic N) is 3. The van der Waals surface area contributed by atoms with Crippen LogP contribution in [0.1, 0.15) is 11.3 Å². The van der Waals surface area contributed by atoms with Gasteiger partial charge in [-0.2, -0.15) is 5.26 Å². The second kappa shape index (κ2) is 6.12. The zero-order chi connectivity index (χ0) is 15.5. The molecule has 0 amide bonds. The molecule has 22 heavy (non-hydrogen) atoms. The van der Waals surface area contributed by atoms with Crippen molar-refractivity contribution in [2.45, 2.75) is 11.6 Å². The number of hydrogen-bond donors (Lipinski definition) is 0. The minimum Gasteiger partial charge on any atom is -0.467 e. The molecule has 0 aliphatic heterocycles. The van der Waals surface area contributed by atoms with Crippen LogP contribution in [-0.2, 0) is 6.54 Å². The molecule has 0 N–H and O–H groups in total. The zero-order valence-electron chi connectivity index (χ0n) is 12.4. The summed E-state index contributed by atoms with van der Waals surface area (Å²) in [6.45, 7) is 0.601. The highest BCUT2D eigenvalue weighted by Crippen LogP contribution is 2.34. The summed E-state index contributed by atoms with van der Waals surface area (Å²) in [5.74, 6) is 0.859. The highest BCUT2D eigenvalue weighted by molar-refractivity contribution is 7.98. The van der Waals surface area contributed by atoms with Crippen molar-refractivity contribution in [3.63, 3.8) is 0 Å². The SMILES string of the molecule is CSc1nc2ccccc2c(N(C)Cc2ccco2)c1C#N. The number of nitriles is 1. The lowest BCUT2D eigenvalue weighted by molar-refractivity contribution is 0.507. The van der Waals surface area contributed by atoms with Crippen LogP contribution in [0.25, 0.3) is 10.9 Å². The lowest BCUT2D eigenvalue weighted by atomic mass is 10.1. The van der Waals surface area contributed by atoms with E-state index in [1.54, 1.807) is 6.26 Å². The fraction of sp³-hybridized carbons (Fsp3) is 0.176. The van der Waals surface area contributed by atoms with Gasteiger partial charge >= 0.3 is 0 Å². The first-order chi connectivity index (χ1) is 10.7. The average molecular weight is 309 g/mol. The van der Waals surface area contributed by atoms with Gasteiger partial charge in [0.05, 0.1) is 24.0 Å². The third-order valence-electron chi connectivity index (χ3n) is 3.49. The predicted octanol–water partition coefficient (Wildman–Crippen LogP) is 4.06. The number of para-hydroxylation sites is 1. The molecule has 0 aliphatic rings. The van der Waals surface area contributed by atoms with E-state index in [1.807, 2.05) is 54.6 Å². The lowest BCUT2D eigenvalue weighted by Crippen LogP contribution is -2.18. The summed E-state index contributed by atoms with van der Waals surface area (Å²) in [5, 5.41) is 11.3. The predicted molar refractivity (Wildman–Crippen MR) is 89.1 cm³/mol. The maximum Gasteiger partial charge on any atom is 0.123 e. The van der Waals surface area contributed by atoms with Crippen LogP contribution in [0.3, 0.4) is 0 Å². The summed E-state index contributed by atoms with van der Waals surface area (Å²) >= 11 is 1.49. The summed E-state index contributed by atoms with van der Waals surface area (Å²) in [7, 11) is 1.97. The van der Waals surface area contributed by atoms with Gasteiger partial charge in [0.15, 0.2) is 0 Å². The molecule has 4 nitrogen and oxygen atoms in total. The molecule has 0 saturated carbocycles. The summed E-state index contributed by atoms with van der Waals surface area (Å²) in [4.78, 5) is 6.64. The number of pyridine rings is 1. The van der Waals surface area contributed by atoms with Crippen molar-refractivity contribution < 1.29 is 4.42 Å². The quantitative estimate of drug-likeness (QED) is 0.680. The lowest BCUT2D eigenvalue weighted by Gasteiger charge is -2.22. The number of hydrogen-bond acceptors (Lipinski definition) is 5. The second-order valence-electron chi connectivity index (χ2n) is 4.91. The first kappa shape index (κ1) is 14.5.